The molecule has 114 valence electrons. The Morgan fingerprint density at radius 1 is 1.39 bits per heavy atom. The molecule has 0 spiro atoms. The van der Waals surface area contributed by atoms with E-state index in [2.05, 4.69) is 0 Å². The Labute approximate surface area is 130 Å². The zero-order valence-corrected chi connectivity index (χ0v) is 12.1. The Bertz CT molecular complexity index is 1020. The van der Waals surface area contributed by atoms with Gasteiger partial charge in [0.25, 0.3) is 0 Å². The van der Waals surface area contributed by atoms with E-state index in [1.165, 1.54) is 30.2 Å². The van der Waals surface area contributed by atoms with Gasteiger partial charge in [-0.3, -0.25) is 4.79 Å². The van der Waals surface area contributed by atoms with Gasteiger partial charge >= 0.3 is 5.97 Å². The number of ether oxygens (including phenoxy) is 1. The third-order valence-corrected chi connectivity index (χ3v) is 3.46. The van der Waals surface area contributed by atoms with Gasteiger partial charge < -0.3 is 19.5 Å². The van der Waals surface area contributed by atoms with Crippen LogP contribution in [-0.2, 0) is 4.74 Å². The van der Waals surface area contributed by atoms with Crippen molar-refractivity contribution in [3.63, 3.8) is 0 Å². The van der Waals surface area contributed by atoms with E-state index >= 15 is 0 Å². The molecule has 0 saturated carbocycles. The predicted molar refractivity (Wildman–Crippen MR) is 82.3 cm³/mol. The maximum absolute atomic E-state index is 12.0. The molecular weight excluding hydrogens is 298 g/mol. The minimum absolute atomic E-state index is 0.0274. The van der Waals surface area contributed by atoms with Crippen molar-refractivity contribution in [2.24, 2.45) is 0 Å². The number of hydrogen-bond donors (Lipinski definition) is 1. The summed E-state index contributed by atoms with van der Waals surface area (Å²) < 4.78 is 11.4. The fourth-order valence-electron chi connectivity index (χ4n) is 2.34. The molecule has 0 aliphatic carbocycles. The molecule has 7 heteroatoms. The molecule has 2 aromatic heterocycles. The molecule has 0 bridgehead atoms. The average Bonchev–Trinajstić information content (AvgIpc) is 2.91. The Morgan fingerprint density at radius 2 is 2.17 bits per heavy atom. The normalized spacial score (nSPS) is 10.4. The highest BCUT2D eigenvalue weighted by atomic mass is 16.5. The van der Waals surface area contributed by atoms with Crippen molar-refractivity contribution in [2.75, 3.05) is 12.8 Å². The van der Waals surface area contributed by atoms with Gasteiger partial charge in [-0.2, -0.15) is 5.26 Å². The van der Waals surface area contributed by atoms with Crippen molar-refractivity contribution in [1.29, 1.82) is 5.26 Å². The molecule has 3 rings (SSSR count). The lowest BCUT2D eigenvalue weighted by atomic mass is 10.2. The lowest BCUT2D eigenvalue weighted by molar-refractivity contribution is 0.0593. The van der Waals surface area contributed by atoms with Gasteiger partial charge in [-0.05, 0) is 18.2 Å². The van der Waals surface area contributed by atoms with E-state index in [4.69, 9.17) is 20.1 Å². The largest absolute Gasteiger partial charge is 0.464 e. The molecule has 7 nitrogen and oxygen atoms in total. The number of hydrogen-bond acceptors (Lipinski definition) is 6. The molecule has 0 aliphatic heterocycles. The molecule has 0 amide bonds. The van der Waals surface area contributed by atoms with Gasteiger partial charge in [-0.15, -0.1) is 0 Å². The average molecular weight is 309 g/mol. The Hall–Kier alpha value is -3.53. The molecule has 2 heterocycles. The molecule has 23 heavy (non-hydrogen) atoms. The Balaban J connectivity index is 2.31. The van der Waals surface area contributed by atoms with Crippen LogP contribution in [0.4, 0.5) is 5.69 Å². The zero-order valence-electron chi connectivity index (χ0n) is 12.1. The van der Waals surface area contributed by atoms with E-state index in [9.17, 15) is 9.59 Å². The second kappa shape index (κ2) is 5.35. The number of carbonyl (C=O) groups is 1. The van der Waals surface area contributed by atoms with Crippen LogP contribution in [0, 0.1) is 11.3 Å². The third kappa shape index (κ3) is 2.22. The number of anilines is 1. The first-order valence-corrected chi connectivity index (χ1v) is 6.58. The van der Waals surface area contributed by atoms with Gasteiger partial charge in [0.1, 0.15) is 11.7 Å². The van der Waals surface area contributed by atoms with Crippen molar-refractivity contribution in [2.45, 2.75) is 0 Å². The fraction of sp³-hybridized carbons (Fsp3) is 0.0625. The number of aromatic nitrogens is 1. The molecule has 0 aliphatic rings. The maximum Gasteiger partial charge on any atom is 0.357 e. The molecule has 0 unspecified atom stereocenters. The number of methoxy groups -OCH3 is 1. The van der Waals surface area contributed by atoms with Crippen LogP contribution < -0.4 is 11.2 Å². The number of fused-ring (bicyclic) bond motifs is 1. The highest BCUT2D eigenvalue weighted by molar-refractivity contribution is 5.96. The number of rotatable bonds is 2. The minimum Gasteiger partial charge on any atom is -0.464 e. The fourth-order valence-corrected chi connectivity index (χ4v) is 2.34. The lowest BCUT2D eigenvalue weighted by Gasteiger charge is -2.09. The number of nitrogens with zero attached hydrogens (tertiary/aromatic N) is 2. The first-order valence-electron chi connectivity index (χ1n) is 6.58. The van der Waals surface area contributed by atoms with E-state index in [-0.39, 0.29) is 22.4 Å². The van der Waals surface area contributed by atoms with Crippen LogP contribution in [0.15, 0.2) is 45.9 Å². The van der Waals surface area contributed by atoms with Crippen molar-refractivity contribution in [1.82, 2.24) is 4.57 Å². The smallest absolute Gasteiger partial charge is 0.357 e. The van der Waals surface area contributed by atoms with Crippen LogP contribution in [0.25, 0.3) is 16.7 Å². The molecule has 1 aromatic carbocycles. The molecule has 0 atom stereocenters. The summed E-state index contributed by atoms with van der Waals surface area (Å²) in [5.74, 6) is -0.677. The van der Waals surface area contributed by atoms with Gasteiger partial charge in [0.05, 0.1) is 30.0 Å². The number of nitrogen functional groups attached to an aromatic ring is 1. The van der Waals surface area contributed by atoms with Crippen molar-refractivity contribution in [3.05, 3.63) is 58.2 Å². The summed E-state index contributed by atoms with van der Waals surface area (Å²) in [5.41, 5.74) is 6.74. The van der Waals surface area contributed by atoms with E-state index in [1.807, 2.05) is 6.07 Å². The molecule has 0 saturated heterocycles. The minimum atomic E-state index is -0.677. The summed E-state index contributed by atoms with van der Waals surface area (Å²) >= 11 is 0. The first kappa shape index (κ1) is 14.4. The zero-order chi connectivity index (χ0) is 16.6. The van der Waals surface area contributed by atoms with Gasteiger partial charge in [0, 0.05) is 18.0 Å². The highest BCUT2D eigenvalue weighted by Crippen LogP contribution is 2.26. The number of benzene rings is 1. The summed E-state index contributed by atoms with van der Waals surface area (Å²) in [6, 6.07) is 8.04. The predicted octanol–water partition coefficient (Wildman–Crippen LogP) is 1.82. The standard InChI is InChI=1S/C16H11N3O4/c1-22-16(21)15-14(18)9(7-17)8-19(15)10-2-3-13-11(6-10)12(20)4-5-23-13/h2-6,8H,18H2,1H3. The summed E-state index contributed by atoms with van der Waals surface area (Å²) in [6.07, 6.45) is 2.74. The summed E-state index contributed by atoms with van der Waals surface area (Å²) in [7, 11) is 1.22. The monoisotopic (exact) mass is 309 g/mol. The summed E-state index contributed by atoms with van der Waals surface area (Å²) in [4.78, 5) is 23.9. The van der Waals surface area contributed by atoms with Crippen LogP contribution in [0.1, 0.15) is 16.1 Å². The molecule has 0 fully saturated rings. The van der Waals surface area contributed by atoms with Gasteiger partial charge in [-0.25, -0.2) is 4.79 Å². The van der Waals surface area contributed by atoms with Crippen molar-refractivity contribution in [3.8, 4) is 11.8 Å². The topological polar surface area (TPSA) is 111 Å². The van der Waals surface area contributed by atoms with Gasteiger partial charge in [0.15, 0.2) is 11.1 Å². The Kier molecular flexibility index (Phi) is 3.35. The van der Waals surface area contributed by atoms with E-state index in [1.54, 1.807) is 18.2 Å². The van der Waals surface area contributed by atoms with Crippen LogP contribution in [0.2, 0.25) is 0 Å². The van der Waals surface area contributed by atoms with Crippen molar-refractivity contribution < 1.29 is 13.9 Å². The quantitative estimate of drug-likeness (QED) is 0.723. The second-order valence-corrected chi connectivity index (χ2v) is 4.74. The number of nitriles is 1. The van der Waals surface area contributed by atoms with Crippen LogP contribution in [-0.4, -0.2) is 17.6 Å². The second-order valence-electron chi connectivity index (χ2n) is 4.74. The highest BCUT2D eigenvalue weighted by Gasteiger charge is 2.21. The van der Waals surface area contributed by atoms with Crippen LogP contribution in [0.3, 0.4) is 0 Å². The molecule has 0 radical (unpaired) electrons. The van der Waals surface area contributed by atoms with Gasteiger partial charge in [-0.1, -0.05) is 0 Å². The number of esters is 1. The maximum atomic E-state index is 12.0. The van der Waals surface area contributed by atoms with E-state index in [0.29, 0.717) is 16.7 Å². The van der Waals surface area contributed by atoms with E-state index in [0.717, 1.165) is 0 Å². The van der Waals surface area contributed by atoms with E-state index < -0.39 is 5.97 Å². The number of carbonyl (C=O) groups excluding carboxylic acids is 1. The van der Waals surface area contributed by atoms with Crippen LogP contribution in [0.5, 0.6) is 0 Å². The summed E-state index contributed by atoms with van der Waals surface area (Å²) in [6.45, 7) is 0. The number of nitrogens with two attached hydrogens (primary N) is 1. The molecule has 2 N–H and O–H groups in total. The third-order valence-electron chi connectivity index (χ3n) is 3.46. The Morgan fingerprint density at radius 3 is 2.87 bits per heavy atom. The SMILES string of the molecule is COC(=O)c1c(N)c(C#N)cn1-c1ccc2occc(=O)c2c1. The lowest BCUT2D eigenvalue weighted by Crippen LogP contribution is -2.11. The van der Waals surface area contributed by atoms with Crippen molar-refractivity contribution >= 4 is 22.6 Å². The molecule has 3 aromatic rings. The first-order chi connectivity index (χ1) is 11.1. The van der Waals surface area contributed by atoms with Crippen LogP contribution >= 0.6 is 0 Å². The van der Waals surface area contributed by atoms with Gasteiger partial charge in [0.2, 0.25) is 0 Å². The molecular formula is C16H11N3O4. The summed E-state index contributed by atoms with van der Waals surface area (Å²) in [5, 5.41) is 9.47.